The fourth-order valence-corrected chi connectivity index (χ4v) is 8.33. The molecule has 10 nitrogen and oxygen atoms in total. The van der Waals surface area contributed by atoms with E-state index >= 15 is 4.39 Å². The maximum atomic E-state index is 15.9. The lowest BCUT2D eigenvalue weighted by molar-refractivity contribution is -0.137. The van der Waals surface area contributed by atoms with Gasteiger partial charge in [-0.3, -0.25) is 9.69 Å². The summed E-state index contributed by atoms with van der Waals surface area (Å²) in [6.07, 6.45) is 5.25. The van der Waals surface area contributed by atoms with Crippen molar-refractivity contribution in [1.29, 1.82) is 5.26 Å². The van der Waals surface area contributed by atoms with Gasteiger partial charge in [0.2, 0.25) is 6.41 Å². The number of halogens is 6. The van der Waals surface area contributed by atoms with Crippen molar-refractivity contribution in [2.75, 3.05) is 65.0 Å². The summed E-state index contributed by atoms with van der Waals surface area (Å²) in [7, 11) is 5.25. The summed E-state index contributed by atoms with van der Waals surface area (Å²) in [5.41, 5.74) is 2.59. The number of ether oxygens (including phenoxy) is 1. The molecule has 3 saturated heterocycles. The van der Waals surface area contributed by atoms with Gasteiger partial charge in [0.1, 0.15) is 34.4 Å². The van der Waals surface area contributed by atoms with Gasteiger partial charge in [0, 0.05) is 48.6 Å². The number of benzene rings is 2. The van der Waals surface area contributed by atoms with Crippen LogP contribution in [0.15, 0.2) is 18.2 Å². The Kier molecular flexibility index (Phi) is 14.3. The molecular weight excluding hydrogens is 759 g/mol. The molecule has 1 amide bonds. The van der Waals surface area contributed by atoms with Crippen LogP contribution < -0.4 is 15.8 Å². The Labute approximate surface area is 326 Å². The number of carbonyl (C=O) groups is 1. The summed E-state index contributed by atoms with van der Waals surface area (Å²) in [6, 6.07) is 5.31. The zero-order chi connectivity index (χ0) is 40.7. The summed E-state index contributed by atoms with van der Waals surface area (Å²) < 4.78 is 90.2. The number of hydrogen-bond donors (Lipinski definition) is 2. The van der Waals surface area contributed by atoms with Crippen molar-refractivity contribution in [2.24, 2.45) is 0 Å². The SMILES string of the molecule is CCNc1nc(OC)nc2c(F)c(-c3ccc(F)c4sc(N)c(C#N)c34)c(C(F)(F)F)cc12.CN(C=O)C1CCC1.CN1CCCC1.FC1CC2CCCN2C1. The van der Waals surface area contributed by atoms with Gasteiger partial charge in [-0.25, -0.2) is 13.2 Å². The van der Waals surface area contributed by atoms with Crippen LogP contribution in [-0.4, -0.2) is 103 Å². The van der Waals surface area contributed by atoms with E-state index in [0.29, 0.717) is 30.0 Å². The van der Waals surface area contributed by atoms with Crippen molar-refractivity contribution in [3.05, 3.63) is 41.0 Å². The number of thiophene rings is 1. The molecular formula is C39H48F6N8O2S. The van der Waals surface area contributed by atoms with Crippen LogP contribution in [0.3, 0.4) is 0 Å². The molecule has 56 heavy (non-hydrogen) atoms. The number of anilines is 2. The molecule has 4 aromatic rings. The molecule has 2 aromatic heterocycles. The zero-order valence-electron chi connectivity index (χ0n) is 32.0. The second-order valence-electron chi connectivity index (χ2n) is 14.3. The first kappa shape index (κ1) is 42.7. The van der Waals surface area contributed by atoms with E-state index in [2.05, 4.69) is 32.1 Å². The molecule has 0 radical (unpaired) electrons. The van der Waals surface area contributed by atoms with Gasteiger partial charge in [-0.2, -0.15) is 28.4 Å². The molecule has 1 saturated carbocycles. The molecule has 2 atom stereocenters. The molecule has 4 aliphatic rings. The summed E-state index contributed by atoms with van der Waals surface area (Å²) in [4.78, 5) is 24.4. The zero-order valence-corrected chi connectivity index (χ0v) is 32.8. The van der Waals surface area contributed by atoms with E-state index in [-0.39, 0.29) is 50.0 Å². The van der Waals surface area contributed by atoms with Gasteiger partial charge in [0.25, 0.3) is 0 Å². The number of fused-ring (bicyclic) bond motifs is 3. The number of nitrogen functional groups attached to an aromatic ring is 1. The number of amides is 1. The van der Waals surface area contributed by atoms with Crippen molar-refractivity contribution in [2.45, 2.75) is 82.7 Å². The normalized spacial score (nSPS) is 19.4. The topological polar surface area (TPSA) is 124 Å². The van der Waals surface area contributed by atoms with Gasteiger partial charge in [-0.15, -0.1) is 11.3 Å². The standard InChI is InChI=1S/C21H14F5N5OS.C7H12FN.C6H11NO.C5H11N/c1-3-29-19-9-6-11(21(24,25)26)14(15(23)16(9)30-20(31-19)32-2)8-4-5-12(22)17-13(8)10(7-27)18(28)33-17;8-6-4-7-2-1-3-9(7)5-6;1-7(5-8)6-3-2-4-6;1-6-4-2-3-5-6/h4-6H,3,28H2,1-2H3,(H,29,30,31);6-7H,1-5H2;5-6H,2-4H2,1H3;2-5H2,1H3. The smallest absolute Gasteiger partial charge is 0.417 e. The van der Waals surface area contributed by atoms with E-state index in [1.165, 1.54) is 65.1 Å². The fraction of sp³-hybridized carbons (Fsp3) is 0.538. The Morgan fingerprint density at radius 3 is 2.36 bits per heavy atom. The first-order valence-corrected chi connectivity index (χ1v) is 19.6. The molecule has 304 valence electrons. The molecule has 4 fully saturated rings. The molecule has 8 rings (SSSR count). The minimum atomic E-state index is -5.00. The first-order valence-electron chi connectivity index (χ1n) is 18.8. The van der Waals surface area contributed by atoms with Crippen LogP contribution in [0.1, 0.15) is 69.4 Å². The van der Waals surface area contributed by atoms with Crippen LogP contribution in [0, 0.1) is 23.0 Å². The van der Waals surface area contributed by atoms with Gasteiger partial charge < -0.3 is 25.6 Å². The number of alkyl halides is 4. The predicted octanol–water partition coefficient (Wildman–Crippen LogP) is 8.23. The number of nitrogens with one attached hydrogen (secondary N) is 1. The van der Waals surface area contributed by atoms with Crippen LogP contribution in [0.2, 0.25) is 0 Å². The molecule has 3 N–H and O–H groups in total. The van der Waals surface area contributed by atoms with Crippen molar-refractivity contribution in [1.82, 2.24) is 24.7 Å². The molecule has 2 aromatic carbocycles. The highest BCUT2D eigenvalue weighted by Gasteiger charge is 2.38. The number of carbonyl (C=O) groups excluding carboxylic acids is 1. The maximum Gasteiger partial charge on any atom is 0.417 e. The number of likely N-dealkylation sites (tertiary alicyclic amines) is 1. The Bertz CT molecular complexity index is 2020. The van der Waals surface area contributed by atoms with Crippen LogP contribution in [0.25, 0.3) is 32.1 Å². The second-order valence-corrected chi connectivity index (χ2v) is 15.4. The highest BCUT2D eigenvalue weighted by atomic mass is 32.1. The van der Waals surface area contributed by atoms with Crippen molar-refractivity contribution < 1.29 is 35.9 Å². The number of nitriles is 1. The lowest BCUT2D eigenvalue weighted by Gasteiger charge is -2.31. The summed E-state index contributed by atoms with van der Waals surface area (Å²) in [5, 5.41) is 11.8. The van der Waals surface area contributed by atoms with Crippen LogP contribution in [0.4, 0.5) is 37.2 Å². The molecule has 5 heterocycles. The minimum Gasteiger partial charge on any atom is -0.467 e. The molecule has 17 heteroatoms. The van der Waals surface area contributed by atoms with Crippen LogP contribution in [-0.2, 0) is 11.0 Å². The quantitative estimate of drug-likeness (QED) is 0.147. The number of methoxy groups -OCH3 is 1. The largest absolute Gasteiger partial charge is 0.467 e. The molecule has 2 unspecified atom stereocenters. The van der Waals surface area contributed by atoms with Crippen molar-refractivity contribution in [3.63, 3.8) is 0 Å². The second kappa shape index (κ2) is 18.7. The van der Waals surface area contributed by atoms with Gasteiger partial charge in [-0.05, 0) is 103 Å². The van der Waals surface area contributed by atoms with Gasteiger partial charge >= 0.3 is 12.2 Å². The van der Waals surface area contributed by atoms with Crippen LogP contribution >= 0.6 is 11.3 Å². The summed E-state index contributed by atoms with van der Waals surface area (Å²) >= 11 is 0.698. The number of nitrogens with zero attached hydrogens (tertiary/aromatic N) is 6. The Morgan fingerprint density at radius 1 is 1.12 bits per heavy atom. The third kappa shape index (κ3) is 9.58. The maximum absolute atomic E-state index is 15.9. The highest BCUT2D eigenvalue weighted by molar-refractivity contribution is 7.23. The number of hydrogen-bond acceptors (Lipinski definition) is 10. The number of aromatic nitrogens is 2. The molecule has 3 aliphatic heterocycles. The molecule has 0 spiro atoms. The number of rotatable bonds is 6. The molecule has 0 bridgehead atoms. The Balaban J connectivity index is 0.000000206. The molecule has 1 aliphatic carbocycles. The summed E-state index contributed by atoms with van der Waals surface area (Å²) in [5.74, 6) is -2.15. The van der Waals surface area contributed by atoms with E-state index in [0.717, 1.165) is 37.6 Å². The highest BCUT2D eigenvalue weighted by Crippen LogP contribution is 2.47. The lowest BCUT2D eigenvalue weighted by Crippen LogP contribution is -2.35. The van der Waals surface area contributed by atoms with Gasteiger partial charge in [0.05, 0.1) is 22.9 Å². The number of nitrogens with two attached hydrogens (primary N) is 1. The van der Waals surface area contributed by atoms with Crippen LogP contribution in [0.5, 0.6) is 6.01 Å². The monoisotopic (exact) mass is 806 g/mol. The first-order chi connectivity index (χ1) is 26.7. The predicted molar refractivity (Wildman–Crippen MR) is 207 cm³/mol. The van der Waals surface area contributed by atoms with Crippen molar-refractivity contribution in [3.8, 4) is 23.2 Å². The van der Waals surface area contributed by atoms with Gasteiger partial charge in [-0.1, -0.05) is 6.07 Å². The Hall–Kier alpha value is -4.40. The Morgan fingerprint density at radius 2 is 1.84 bits per heavy atom. The van der Waals surface area contributed by atoms with E-state index in [1.807, 2.05) is 7.05 Å². The van der Waals surface area contributed by atoms with E-state index in [9.17, 15) is 32.0 Å². The van der Waals surface area contributed by atoms with Gasteiger partial charge in [0.15, 0.2) is 5.82 Å². The lowest BCUT2D eigenvalue weighted by atomic mass is 9.92. The van der Waals surface area contributed by atoms with Crippen molar-refractivity contribution >= 4 is 49.6 Å². The minimum absolute atomic E-state index is 0.0444. The van der Waals surface area contributed by atoms with E-state index in [1.54, 1.807) is 17.9 Å². The average Bonchev–Trinajstić information content (AvgIpc) is 3.94. The third-order valence-electron chi connectivity index (χ3n) is 10.5. The average molecular weight is 807 g/mol. The van der Waals surface area contributed by atoms with E-state index < -0.39 is 40.6 Å². The summed E-state index contributed by atoms with van der Waals surface area (Å²) in [6.45, 7) is 6.48. The van der Waals surface area contributed by atoms with E-state index in [4.69, 9.17) is 10.5 Å². The third-order valence-corrected chi connectivity index (χ3v) is 11.6. The fourth-order valence-electron chi connectivity index (χ4n) is 7.38.